The molecule has 0 saturated heterocycles. The molecule has 0 amide bonds. The Bertz CT molecular complexity index is 1710. The normalized spacial score (nSPS) is 12.3. The summed E-state index contributed by atoms with van der Waals surface area (Å²) in [6, 6.07) is 17.8. The number of H-pyrrole nitrogens is 2. The molecule has 35 heavy (non-hydrogen) atoms. The van der Waals surface area contributed by atoms with Crippen LogP contribution >= 0.6 is 0 Å². The van der Waals surface area contributed by atoms with Gasteiger partial charge >= 0.3 is 0 Å². The first kappa shape index (κ1) is 22.5. The van der Waals surface area contributed by atoms with E-state index in [9.17, 15) is 0 Å². The van der Waals surface area contributed by atoms with Crippen molar-refractivity contribution in [2.24, 2.45) is 0 Å². The zero-order valence-corrected chi connectivity index (χ0v) is 20.7. The van der Waals surface area contributed by atoms with E-state index in [1.54, 1.807) is 6.07 Å². The van der Waals surface area contributed by atoms with Gasteiger partial charge in [-0.25, -0.2) is 9.97 Å². The fourth-order valence-electron chi connectivity index (χ4n) is 4.21. The SMILES string of the molecule is Nc1cc(C2=Cc3cc4ccc(cc5ccc(cc6nc(cc2n3)C=C6)[nH]5)[nH]4)c(N)c(N)c1N.[Pt]. The predicted molar refractivity (Wildman–Crippen MR) is 141 cm³/mol. The van der Waals surface area contributed by atoms with Gasteiger partial charge in [-0.05, 0) is 72.8 Å². The van der Waals surface area contributed by atoms with Crippen LogP contribution in [0.15, 0.2) is 54.6 Å². The largest absolute Gasteiger partial charge is 0.397 e. The van der Waals surface area contributed by atoms with Gasteiger partial charge in [-0.3, -0.25) is 0 Å². The van der Waals surface area contributed by atoms with Crippen molar-refractivity contribution in [3.8, 4) is 0 Å². The van der Waals surface area contributed by atoms with Gasteiger partial charge in [-0.2, -0.15) is 0 Å². The number of anilines is 4. The Morgan fingerprint density at radius 1 is 0.571 bits per heavy atom. The van der Waals surface area contributed by atoms with Crippen molar-refractivity contribution in [1.82, 2.24) is 19.9 Å². The first-order chi connectivity index (χ1) is 16.4. The first-order valence-electron chi connectivity index (χ1n) is 10.7. The van der Waals surface area contributed by atoms with Crippen LogP contribution < -0.4 is 22.9 Å². The van der Waals surface area contributed by atoms with Crippen LogP contribution in [0.4, 0.5) is 22.7 Å². The molecule has 8 bridgehead atoms. The second-order valence-electron chi connectivity index (χ2n) is 8.34. The second kappa shape index (κ2) is 8.49. The fourth-order valence-corrected chi connectivity index (χ4v) is 4.21. The number of hydrogen-bond acceptors (Lipinski definition) is 6. The molecule has 0 unspecified atom stereocenters. The molecular weight excluding hydrogens is 619 g/mol. The van der Waals surface area contributed by atoms with Crippen molar-refractivity contribution < 1.29 is 21.1 Å². The molecule has 2 aliphatic rings. The summed E-state index contributed by atoms with van der Waals surface area (Å²) in [6.07, 6.45) is 5.88. The molecule has 6 rings (SSSR count). The minimum atomic E-state index is 0. The van der Waals surface area contributed by atoms with Gasteiger partial charge in [0.2, 0.25) is 0 Å². The number of nitrogen functional groups attached to an aromatic ring is 4. The van der Waals surface area contributed by atoms with E-state index < -0.39 is 0 Å². The number of aromatic amines is 2. The standard InChI is InChI=1S/C26H22N8.Pt/c27-22-12-21(24(28)26(30)25(22)29)20-10-19-9-17-4-3-15(32-17)7-13-1-2-14(31-13)8-16-5-6-18(33-16)11-23(20)34-19;/h1-12,31-32H,27-30H2;. The minimum Gasteiger partial charge on any atom is -0.397 e. The van der Waals surface area contributed by atoms with E-state index >= 15 is 0 Å². The Hall–Kier alpha value is -4.29. The molecule has 2 aliphatic heterocycles. The van der Waals surface area contributed by atoms with E-state index in [-0.39, 0.29) is 32.4 Å². The van der Waals surface area contributed by atoms with E-state index in [4.69, 9.17) is 32.9 Å². The Labute approximate surface area is 215 Å². The van der Waals surface area contributed by atoms with E-state index in [2.05, 4.69) is 9.97 Å². The van der Waals surface area contributed by atoms with Crippen molar-refractivity contribution in [3.63, 3.8) is 0 Å². The summed E-state index contributed by atoms with van der Waals surface area (Å²) in [5, 5.41) is 0. The van der Waals surface area contributed by atoms with Crippen molar-refractivity contribution in [2.45, 2.75) is 0 Å². The van der Waals surface area contributed by atoms with Crippen molar-refractivity contribution >= 4 is 68.6 Å². The summed E-state index contributed by atoms with van der Waals surface area (Å²) in [5.41, 5.74) is 34.3. The van der Waals surface area contributed by atoms with Gasteiger partial charge in [0.15, 0.2) is 0 Å². The van der Waals surface area contributed by atoms with Crippen molar-refractivity contribution in [1.29, 1.82) is 0 Å². The molecule has 5 heterocycles. The van der Waals surface area contributed by atoms with Crippen LogP contribution in [0.25, 0.3) is 45.9 Å². The quantitative estimate of drug-likeness (QED) is 0.146. The van der Waals surface area contributed by atoms with Crippen LogP contribution in [0, 0.1) is 0 Å². The summed E-state index contributed by atoms with van der Waals surface area (Å²) in [7, 11) is 0. The third-order valence-electron chi connectivity index (χ3n) is 5.94. The van der Waals surface area contributed by atoms with Crippen molar-refractivity contribution in [3.05, 3.63) is 82.9 Å². The number of rotatable bonds is 1. The Morgan fingerprint density at radius 2 is 1.14 bits per heavy atom. The summed E-state index contributed by atoms with van der Waals surface area (Å²) < 4.78 is 0. The summed E-state index contributed by atoms with van der Waals surface area (Å²) >= 11 is 0. The molecule has 0 fully saturated rings. The van der Waals surface area contributed by atoms with Gasteiger partial charge in [0.25, 0.3) is 0 Å². The summed E-state index contributed by atoms with van der Waals surface area (Å²) in [6.45, 7) is 0. The van der Waals surface area contributed by atoms with E-state index in [1.807, 2.05) is 66.8 Å². The molecule has 0 radical (unpaired) electrons. The van der Waals surface area contributed by atoms with Gasteiger partial charge in [0.1, 0.15) is 0 Å². The molecule has 0 saturated carbocycles. The molecule has 4 aromatic rings. The van der Waals surface area contributed by atoms with Gasteiger partial charge < -0.3 is 32.9 Å². The number of nitrogens with two attached hydrogens (primary N) is 4. The summed E-state index contributed by atoms with van der Waals surface area (Å²) in [4.78, 5) is 16.4. The zero-order valence-electron chi connectivity index (χ0n) is 18.4. The van der Waals surface area contributed by atoms with Gasteiger partial charge in [-0.1, -0.05) is 0 Å². The van der Waals surface area contributed by atoms with Gasteiger partial charge in [-0.15, -0.1) is 0 Å². The van der Waals surface area contributed by atoms with Crippen LogP contribution in [-0.4, -0.2) is 19.9 Å². The van der Waals surface area contributed by atoms with Gasteiger partial charge in [0, 0.05) is 54.3 Å². The Morgan fingerprint density at radius 3 is 1.80 bits per heavy atom. The van der Waals surface area contributed by atoms with Crippen LogP contribution in [0.3, 0.4) is 0 Å². The Balaban J connectivity index is 0.00000253. The third-order valence-corrected chi connectivity index (χ3v) is 5.94. The smallest absolute Gasteiger partial charge is 0.0809 e. The van der Waals surface area contributed by atoms with Gasteiger partial charge in [0.05, 0.1) is 45.5 Å². The van der Waals surface area contributed by atoms with Crippen LogP contribution in [0.1, 0.15) is 28.3 Å². The number of aromatic nitrogens is 4. The average molecular weight is 642 g/mol. The number of fused-ring (bicyclic) bond motifs is 8. The molecule has 8 nitrogen and oxygen atoms in total. The topological polar surface area (TPSA) is 161 Å². The molecular formula is C26H22N8Pt. The summed E-state index contributed by atoms with van der Waals surface area (Å²) in [5.74, 6) is 0. The van der Waals surface area contributed by atoms with Crippen LogP contribution in [0.5, 0.6) is 0 Å². The molecule has 176 valence electrons. The van der Waals surface area contributed by atoms with E-state index in [0.29, 0.717) is 22.6 Å². The number of benzene rings is 1. The second-order valence-corrected chi connectivity index (χ2v) is 8.34. The fraction of sp³-hybridized carbons (Fsp3) is 0. The Kier molecular flexibility index (Phi) is 5.46. The van der Waals surface area contributed by atoms with Crippen LogP contribution in [0.2, 0.25) is 0 Å². The molecule has 0 aliphatic carbocycles. The molecule has 9 heteroatoms. The first-order valence-corrected chi connectivity index (χ1v) is 10.7. The number of nitrogens with zero attached hydrogens (tertiary/aromatic N) is 2. The molecule has 10 N–H and O–H groups in total. The maximum Gasteiger partial charge on any atom is 0.0809 e. The van der Waals surface area contributed by atoms with Crippen LogP contribution in [-0.2, 0) is 21.1 Å². The molecule has 3 aromatic heterocycles. The molecule has 0 atom stereocenters. The maximum atomic E-state index is 6.35. The number of hydrogen-bond donors (Lipinski definition) is 6. The predicted octanol–water partition coefficient (Wildman–Crippen LogP) is 4.40. The minimum absolute atomic E-state index is 0. The van der Waals surface area contributed by atoms with E-state index in [0.717, 1.165) is 44.7 Å². The monoisotopic (exact) mass is 641 g/mol. The molecule has 0 spiro atoms. The maximum absolute atomic E-state index is 6.35. The number of nitrogens with one attached hydrogen (secondary N) is 2. The molecule has 1 aromatic carbocycles. The zero-order chi connectivity index (χ0) is 23.4. The third kappa shape index (κ3) is 4.09. The average Bonchev–Trinajstić information content (AvgIpc) is 3.60. The van der Waals surface area contributed by atoms with E-state index in [1.165, 1.54) is 0 Å². The van der Waals surface area contributed by atoms with Crippen molar-refractivity contribution in [2.75, 3.05) is 22.9 Å².